The lowest BCUT2D eigenvalue weighted by Gasteiger charge is -2.34. The zero-order valence-corrected chi connectivity index (χ0v) is 15.4. The molecule has 0 aliphatic heterocycles. The van der Waals surface area contributed by atoms with Gasteiger partial charge in [-0.05, 0) is 41.6 Å². The molecule has 0 amide bonds. The Kier molecular flexibility index (Phi) is 7.13. The maximum absolute atomic E-state index is 5.87. The molecule has 1 aliphatic carbocycles. The third-order valence-electron chi connectivity index (χ3n) is 3.80. The average Bonchev–Trinajstić information content (AvgIpc) is 2.52. The monoisotopic (exact) mass is 417 g/mol. The summed E-state index contributed by atoms with van der Waals surface area (Å²) in [5, 5.41) is 0.890. The van der Waals surface area contributed by atoms with Crippen molar-refractivity contribution in [2.24, 2.45) is 0 Å². The van der Waals surface area contributed by atoms with Gasteiger partial charge in [0.05, 0.1) is 17.2 Å². The molecule has 2 rings (SSSR count). The Balaban J connectivity index is 1.77. The van der Waals surface area contributed by atoms with Gasteiger partial charge in [0.15, 0.2) is 0 Å². The maximum Gasteiger partial charge on any atom is 0.225 e. The Morgan fingerprint density at radius 2 is 1.90 bits per heavy atom. The van der Waals surface area contributed by atoms with Crippen LogP contribution in [0.15, 0.2) is 29.0 Å². The van der Waals surface area contributed by atoms with E-state index in [0.717, 1.165) is 41.4 Å². The topological polar surface area (TPSA) is 38.2 Å². The van der Waals surface area contributed by atoms with Crippen LogP contribution in [-0.4, -0.2) is 41.1 Å². The smallest absolute Gasteiger partial charge is 0.225 e. The number of nitrogens with zero attached hydrogens (tertiary/aromatic N) is 3. The summed E-state index contributed by atoms with van der Waals surface area (Å²) in [7, 11) is 2.08. The van der Waals surface area contributed by atoms with E-state index >= 15 is 0 Å². The van der Waals surface area contributed by atoms with E-state index in [-0.39, 0.29) is 0 Å². The zero-order valence-electron chi connectivity index (χ0n) is 12.2. The molecule has 0 spiro atoms. The number of hydrogen-bond donors (Lipinski definition) is 0. The van der Waals surface area contributed by atoms with E-state index in [1.165, 1.54) is 0 Å². The van der Waals surface area contributed by atoms with Crippen molar-refractivity contribution in [2.75, 3.05) is 23.9 Å². The largest absolute Gasteiger partial charge is 0.374 e. The van der Waals surface area contributed by atoms with Gasteiger partial charge in [-0.1, -0.05) is 28.1 Å². The van der Waals surface area contributed by atoms with Gasteiger partial charge in [-0.3, -0.25) is 0 Å². The second kappa shape index (κ2) is 8.86. The molecule has 0 aromatic carbocycles. The van der Waals surface area contributed by atoms with E-state index in [4.69, 9.17) is 4.74 Å². The van der Waals surface area contributed by atoms with Crippen molar-refractivity contribution in [1.29, 1.82) is 0 Å². The summed E-state index contributed by atoms with van der Waals surface area (Å²) in [6, 6.07) is 0.504. The van der Waals surface area contributed by atoms with Crippen LogP contribution in [0.1, 0.15) is 25.7 Å². The van der Waals surface area contributed by atoms with Crippen LogP contribution in [0.4, 0.5) is 5.95 Å². The van der Waals surface area contributed by atoms with E-state index < -0.39 is 0 Å². The molecule has 0 atom stereocenters. The fourth-order valence-electron chi connectivity index (χ4n) is 2.57. The Morgan fingerprint density at radius 3 is 2.52 bits per heavy atom. The van der Waals surface area contributed by atoms with Gasteiger partial charge in [-0.2, -0.15) is 0 Å². The number of rotatable bonds is 6. The number of halogens is 2. The fraction of sp³-hybridized carbons (Fsp3) is 0.600. The standard InChI is InChI=1S/C15H21Br2N3O/c1-20(15-18-10-12(17)11-19-15)13-4-6-14(7-5-13)21-9-3-2-8-16/h2-3,10-11,13-14H,4-9H2,1H3/t13-,14-. The van der Waals surface area contributed by atoms with Crippen LogP contribution >= 0.6 is 31.9 Å². The van der Waals surface area contributed by atoms with Crippen molar-refractivity contribution in [1.82, 2.24) is 9.97 Å². The third-order valence-corrected chi connectivity index (χ3v) is 4.58. The van der Waals surface area contributed by atoms with Crippen molar-refractivity contribution >= 4 is 37.8 Å². The Bertz CT molecular complexity index is 445. The molecule has 1 aromatic rings. The highest BCUT2D eigenvalue weighted by molar-refractivity contribution is 9.10. The van der Waals surface area contributed by atoms with Crippen LogP contribution in [0.25, 0.3) is 0 Å². The quantitative estimate of drug-likeness (QED) is 0.517. The van der Waals surface area contributed by atoms with Gasteiger partial charge in [0, 0.05) is 30.8 Å². The highest BCUT2D eigenvalue weighted by atomic mass is 79.9. The van der Waals surface area contributed by atoms with E-state index in [0.29, 0.717) is 18.8 Å². The normalized spacial score (nSPS) is 22.6. The number of aromatic nitrogens is 2. The lowest BCUT2D eigenvalue weighted by Crippen LogP contribution is -2.38. The molecule has 1 saturated carbocycles. The van der Waals surface area contributed by atoms with Crippen LogP contribution in [0, 0.1) is 0 Å². The summed E-state index contributed by atoms with van der Waals surface area (Å²) in [4.78, 5) is 10.9. The van der Waals surface area contributed by atoms with Crippen molar-refractivity contribution < 1.29 is 4.74 Å². The highest BCUT2D eigenvalue weighted by Gasteiger charge is 2.25. The molecule has 1 fully saturated rings. The summed E-state index contributed by atoms with van der Waals surface area (Å²) in [6.45, 7) is 0.715. The molecule has 0 bridgehead atoms. The van der Waals surface area contributed by atoms with E-state index in [1.807, 2.05) is 0 Å². The first-order chi connectivity index (χ1) is 10.2. The molecule has 0 N–H and O–H groups in total. The molecule has 1 heterocycles. The minimum absolute atomic E-state index is 0.389. The SMILES string of the molecule is CN(c1ncc(Br)cn1)[C@H]1CC[C@H](OCC=CCBr)CC1. The molecule has 1 aliphatic rings. The van der Waals surface area contributed by atoms with Crippen LogP contribution in [0.2, 0.25) is 0 Å². The first-order valence-electron chi connectivity index (χ1n) is 7.23. The van der Waals surface area contributed by atoms with Crippen LogP contribution in [0.5, 0.6) is 0 Å². The Morgan fingerprint density at radius 1 is 1.24 bits per heavy atom. The number of anilines is 1. The molecule has 0 saturated heterocycles. The summed E-state index contributed by atoms with van der Waals surface area (Å²) < 4.78 is 6.78. The van der Waals surface area contributed by atoms with Crippen molar-refractivity contribution in [2.45, 2.75) is 37.8 Å². The molecular formula is C15H21Br2N3O. The van der Waals surface area contributed by atoms with E-state index in [1.54, 1.807) is 12.4 Å². The van der Waals surface area contributed by atoms with Crippen LogP contribution in [0.3, 0.4) is 0 Å². The van der Waals surface area contributed by atoms with Gasteiger partial charge in [-0.25, -0.2) is 9.97 Å². The first kappa shape index (κ1) is 16.9. The zero-order chi connectivity index (χ0) is 15.1. The van der Waals surface area contributed by atoms with Gasteiger partial charge < -0.3 is 9.64 Å². The van der Waals surface area contributed by atoms with Gasteiger partial charge in [0.2, 0.25) is 5.95 Å². The summed E-state index contributed by atoms with van der Waals surface area (Å²) >= 11 is 6.73. The maximum atomic E-state index is 5.87. The number of allylic oxidation sites excluding steroid dienone is 1. The molecule has 6 heteroatoms. The van der Waals surface area contributed by atoms with Crippen molar-refractivity contribution in [3.63, 3.8) is 0 Å². The predicted octanol–water partition coefficient (Wildman–Crippen LogP) is 3.95. The third kappa shape index (κ3) is 5.34. The van der Waals surface area contributed by atoms with Crippen molar-refractivity contribution in [3.05, 3.63) is 29.0 Å². The summed E-state index contributed by atoms with van der Waals surface area (Å²) in [5.41, 5.74) is 0. The number of ether oxygens (including phenoxy) is 1. The van der Waals surface area contributed by atoms with Crippen LogP contribution in [-0.2, 0) is 4.74 Å². The molecular weight excluding hydrogens is 398 g/mol. The fourth-order valence-corrected chi connectivity index (χ4v) is 3.04. The molecule has 4 nitrogen and oxygen atoms in total. The Hall–Kier alpha value is -0.460. The number of hydrogen-bond acceptors (Lipinski definition) is 4. The minimum atomic E-state index is 0.389. The van der Waals surface area contributed by atoms with Gasteiger partial charge in [-0.15, -0.1) is 0 Å². The van der Waals surface area contributed by atoms with Gasteiger partial charge in [0.1, 0.15) is 0 Å². The predicted molar refractivity (Wildman–Crippen MR) is 93.1 cm³/mol. The van der Waals surface area contributed by atoms with E-state index in [9.17, 15) is 0 Å². The molecule has 0 unspecified atom stereocenters. The van der Waals surface area contributed by atoms with Crippen molar-refractivity contribution in [3.8, 4) is 0 Å². The molecule has 0 radical (unpaired) electrons. The molecule has 21 heavy (non-hydrogen) atoms. The second-order valence-electron chi connectivity index (χ2n) is 5.20. The minimum Gasteiger partial charge on any atom is -0.374 e. The summed E-state index contributed by atoms with van der Waals surface area (Å²) in [6.07, 6.45) is 12.6. The molecule has 1 aromatic heterocycles. The average molecular weight is 419 g/mol. The summed E-state index contributed by atoms with van der Waals surface area (Å²) in [5.74, 6) is 0.794. The lowest BCUT2D eigenvalue weighted by molar-refractivity contribution is 0.0423. The molecule has 116 valence electrons. The van der Waals surface area contributed by atoms with E-state index in [2.05, 4.69) is 65.9 Å². The van der Waals surface area contributed by atoms with Gasteiger partial charge >= 0.3 is 0 Å². The second-order valence-corrected chi connectivity index (χ2v) is 6.76. The van der Waals surface area contributed by atoms with Crippen LogP contribution < -0.4 is 4.90 Å². The first-order valence-corrected chi connectivity index (χ1v) is 9.15. The number of alkyl halides is 1. The Labute approximate surface area is 143 Å². The lowest BCUT2D eigenvalue weighted by atomic mass is 9.92. The highest BCUT2D eigenvalue weighted by Crippen LogP contribution is 2.26. The van der Waals surface area contributed by atoms with Gasteiger partial charge in [0.25, 0.3) is 0 Å².